The molecule has 1 aromatic carbocycles. The fourth-order valence-corrected chi connectivity index (χ4v) is 2.75. The lowest BCUT2D eigenvalue weighted by Crippen LogP contribution is -2.18. The maximum atomic E-state index is 13.6. The van der Waals surface area contributed by atoms with Gasteiger partial charge in [0.2, 0.25) is 0 Å². The second-order valence-corrected chi connectivity index (χ2v) is 6.07. The molecule has 0 spiro atoms. The van der Waals surface area contributed by atoms with Crippen molar-refractivity contribution in [3.8, 4) is 0 Å². The number of ketones is 1. The van der Waals surface area contributed by atoms with E-state index < -0.39 is 21.2 Å². The standard InChI is InChI=1S/C12H13FO4S/c13-10-4-2-1-3-9(10)12(18(15,16)17)7-11(14)8-5-6-8/h1-4,8,12H,5-7H2,(H,15,16,17). The minimum absolute atomic E-state index is 0.124. The van der Waals surface area contributed by atoms with Crippen molar-refractivity contribution in [3.63, 3.8) is 0 Å². The molecular formula is C12H13FO4S. The first-order valence-electron chi connectivity index (χ1n) is 5.63. The maximum Gasteiger partial charge on any atom is 0.272 e. The monoisotopic (exact) mass is 272 g/mol. The molecule has 2 rings (SSSR count). The third-order valence-corrected chi connectivity index (χ3v) is 4.17. The molecule has 1 aliphatic rings. The van der Waals surface area contributed by atoms with Crippen LogP contribution in [0.1, 0.15) is 30.1 Å². The summed E-state index contributed by atoms with van der Waals surface area (Å²) >= 11 is 0. The fourth-order valence-electron chi connectivity index (χ4n) is 1.87. The van der Waals surface area contributed by atoms with Gasteiger partial charge in [0.25, 0.3) is 10.1 Å². The Balaban J connectivity index is 2.31. The Bertz CT molecular complexity index is 563. The lowest BCUT2D eigenvalue weighted by Gasteiger charge is -2.14. The van der Waals surface area contributed by atoms with Crippen LogP contribution >= 0.6 is 0 Å². The molecule has 0 saturated heterocycles. The van der Waals surface area contributed by atoms with Crippen molar-refractivity contribution >= 4 is 15.9 Å². The molecule has 0 radical (unpaired) electrons. The summed E-state index contributed by atoms with van der Waals surface area (Å²) in [6, 6.07) is 5.27. The van der Waals surface area contributed by atoms with Crippen LogP contribution in [0.3, 0.4) is 0 Å². The first kappa shape index (κ1) is 13.2. The van der Waals surface area contributed by atoms with Gasteiger partial charge in [-0.25, -0.2) is 4.39 Å². The molecule has 1 unspecified atom stereocenters. The van der Waals surface area contributed by atoms with Crippen molar-refractivity contribution in [1.29, 1.82) is 0 Å². The summed E-state index contributed by atoms with van der Waals surface area (Å²) in [6.07, 6.45) is 1.12. The van der Waals surface area contributed by atoms with Gasteiger partial charge in [-0.2, -0.15) is 8.42 Å². The van der Waals surface area contributed by atoms with Gasteiger partial charge in [-0.15, -0.1) is 0 Å². The number of Topliss-reactive ketones (excluding diaryl/α,β-unsaturated/α-hetero) is 1. The van der Waals surface area contributed by atoms with E-state index in [0.717, 1.165) is 18.9 Å². The zero-order valence-electron chi connectivity index (χ0n) is 9.54. The summed E-state index contributed by atoms with van der Waals surface area (Å²) in [5.74, 6) is -1.09. The van der Waals surface area contributed by atoms with E-state index in [2.05, 4.69) is 0 Å². The molecule has 0 aromatic heterocycles. The molecule has 1 fully saturated rings. The van der Waals surface area contributed by atoms with Crippen LogP contribution in [-0.4, -0.2) is 18.8 Å². The van der Waals surface area contributed by atoms with Gasteiger partial charge in [-0.1, -0.05) is 18.2 Å². The molecule has 0 bridgehead atoms. The van der Waals surface area contributed by atoms with Gasteiger partial charge in [-0.3, -0.25) is 9.35 Å². The van der Waals surface area contributed by atoms with Crippen molar-refractivity contribution in [2.24, 2.45) is 5.92 Å². The van der Waals surface area contributed by atoms with E-state index in [1.54, 1.807) is 0 Å². The molecular weight excluding hydrogens is 259 g/mol. The molecule has 1 aliphatic carbocycles. The quantitative estimate of drug-likeness (QED) is 0.833. The Labute approximate surface area is 105 Å². The van der Waals surface area contributed by atoms with Gasteiger partial charge in [-0.05, 0) is 18.9 Å². The smallest absolute Gasteiger partial charge is 0.272 e. The summed E-state index contributed by atoms with van der Waals surface area (Å²) in [5, 5.41) is -1.51. The number of halogens is 1. The Kier molecular flexibility index (Phi) is 3.49. The second-order valence-electron chi connectivity index (χ2n) is 4.47. The van der Waals surface area contributed by atoms with E-state index in [1.165, 1.54) is 18.2 Å². The molecule has 0 amide bonds. The number of carbonyl (C=O) groups is 1. The van der Waals surface area contributed by atoms with E-state index in [4.69, 9.17) is 4.55 Å². The Morgan fingerprint density at radius 3 is 2.50 bits per heavy atom. The van der Waals surface area contributed by atoms with E-state index in [9.17, 15) is 17.6 Å². The molecule has 0 aliphatic heterocycles. The fraction of sp³-hybridized carbons (Fsp3) is 0.417. The average Bonchev–Trinajstić information content (AvgIpc) is 3.09. The highest BCUT2D eigenvalue weighted by molar-refractivity contribution is 7.86. The van der Waals surface area contributed by atoms with Crippen molar-refractivity contribution in [2.45, 2.75) is 24.5 Å². The van der Waals surface area contributed by atoms with Crippen LogP contribution < -0.4 is 0 Å². The maximum absolute atomic E-state index is 13.6. The summed E-state index contributed by atoms with van der Waals surface area (Å²) in [4.78, 5) is 11.6. The molecule has 18 heavy (non-hydrogen) atoms. The van der Waals surface area contributed by atoms with Gasteiger partial charge < -0.3 is 0 Å². The van der Waals surface area contributed by atoms with Crippen LogP contribution in [0.2, 0.25) is 0 Å². The van der Waals surface area contributed by atoms with Gasteiger partial charge in [0.05, 0.1) is 0 Å². The van der Waals surface area contributed by atoms with Gasteiger partial charge in [0.1, 0.15) is 16.9 Å². The minimum atomic E-state index is -4.50. The van der Waals surface area contributed by atoms with Crippen molar-refractivity contribution < 1.29 is 22.2 Å². The Hall–Kier alpha value is -1.27. The molecule has 1 atom stereocenters. The third kappa shape index (κ3) is 2.94. The predicted octanol–water partition coefficient (Wildman–Crippen LogP) is 2.12. The highest BCUT2D eigenvalue weighted by Gasteiger charge is 2.36. The number of benzene rings is 1. The predicted molar refractivity (Wildman–Crippen MR) is 63.0 cm³/mol. The molecule has 4 nitrogen and oxygen atoms in total. The van der Waals surface area contributed by atoms with Crippen LogP contribution in [0.4, 0.5) is 4.39 Å². The molecule has 1 aromatic rings. The second kappa shape index (κ2) is 4.78. The zero-order valence-corrected chi connectivity index (χ0v) is 10.4. The summed E-state index contributed by atoms with van der Waals surface area (Å²) in [7, 11) is -4.50. The van der Waals surface area contributed by atoms with Gasteiger partial charge in [0, 0.05) is 17.9 Å². The van der Waals surface area contributed by atoms with Crippen LogP contribution in [0.15, 0.2) is 24.3 Å². The Morgan fingerprint density at radius 2 is 2.00 bits per heavy atom. The zero-order chi connectivity index (χ0) is 13.3. The van der Waals surface area contributed by atoms with Gasteiger partial charge >= 0.3 is 0 Å². The molecule has 6 heteroatoms. The van der Waals surface area contributed by atoms with E-state index in [-0.39, 0.29) is 23.7 Å². The summed E-state index contributed by atoms with van der Waals surface area (Å²) in [6.45, 7) is 0. The average molecular weight is 272 g/mol. The van der Waals surface area contributed by atoms with Crippen LogP contribution in [-0.2, 0) is 14.9 Å². The van der Waals surface area contributed by atoms with Crippen LogP contribution in [0.5, 0.6) is 0 Å². The third-order valence-electron chi connectivity index (χ3n) is 3.03. The first-order chi connectivity index (χ1) is 8.39. The van der Waals surface area contributed by atoms with Crippen molar-refractivity contribution in [3.05, 3.63) is 35.6 Å². The van der Waals surface area contributed by atoms with E-state index in [1.807, 2.05) is 0 Å². The number of hydrogen-bond acceptors (Lipinski definition) is 3. The van der Waals surface area contributed by atoms with Crippen molar-refractivity contribution in [1.82, 2.24) is 0 Å². The number of rotatable bonds is 5. The number of carbonyl (C=O) groups excluding carboxylic acids is 1. The lowest BCUT2D eigenvalue weighted by atomic mass is 10.0. The molecule has 1 saturated carbocycles. The van der Waals surface area contributed by atoms with Crippen LogP contribution in [0.25, 0.3) is 0 Å². The highest BCUT2D eigenvalue weighted by atomic mass is 32.2. The lowest BCUT2D eigenvalue weighted by molar-refractivity contribution is -0.120. The molecule has 98 valence electrons. The molecule has 1 N–H and O–H groups in total. The summed E-state index contributed by atoms with van der Waals surface area (Å²) < 4.78 is 45.3. The van der Waals surface area contributed by atoms with Gasteiger partial charge in [0.15, 0.2) is 0 Å². The largest absolute Gasteiger partial charge is 0.299 e. The SMILES string of the molecule is O=C(CC(c1ccccc1F)S(=O)(=O)O)C1CC1. The van der Waals surface area contributed by atoms with E-state index in [0.29, 0.717) is 0 Å². The first-order valence-corrected chi connectivity index (χ1v) is 7.13. The van der Waals surface area contributed by atoms with Crippen LogP contribution in [0, 0.1) is 11.7 Å². The normalized spacial score (nSPS) is 17.4. The highest BCUT2D eigenvalue weighted by Crippen LogP contribution is 2.35. The minimum Gasteiger partial charge on any atom is -0.299 e. The van der Waals surface area contributed by atoms with E-state index >= 15 is 0 Å². The van der Waals surface area contributed by atoms with Crippen molar-refractivity contribution in [2.75, 3.05) is 0 Å². The molecule has 0 heterocycles. The Morgan fingerprint density at radius 1 is 1.39 bits per heavy atom. The topological polar surface area (TPSA) is 71.4 Å². The number of hydrogen-bond donors (Lipinski definition) is 1. The summed E-state index contributed by atoms with van der Waals surface area (Å²) in [5.41, 5.74) is -0.158.